The van der Waals surface area contributed by atoms with Crippen LogP contribution >= 0.6 is 0 Å². The number of rotatable bonds is 0. The van der Waals surface area contributed by atoms with Crippen LogP contribution in [0.3, 0.4) is 0 Å². The van der Waals surface area contributed by atoms with Crippen LogP contribution in [0.2, 0.25) is 0 Å². The number of allylic oxidation sites excluding steroid dienone is 8. The first-order valence-electron chi connectivity index (χ1n) is 4.67. The molecule has 60 valence electrons. The van der Waals surface area contributed by atoms with Crippen LogP contribution in [0.5, 0.6) is 0 Å². The van der Waals surface area contributed by atoms with Gasteiger partial charge in [0.1, 0.15) is 0 Å². The van der Waals surface area contributed by atoms with Crippen molar-refractivity contribution in [2.24, 2.45) is 23.7 Å². The van der Waals surface area contributed by atoms with E-state index in [4.69, 9.17) is 0 Å². The summed E-state index contributed by atoms with van der Waals surface area (Å²) in [6, 6.07) is 0. The average molecular weight is 156 g/mol. The first-order chi connectivity index (χ1) is 5.95. The Morgan fingerprint density at radius 3 is 1.33 bits per heavy atom. The fourth-order valence-corrected chi connectivity index (χ4v) is 2.57. The molecule has 0 nitrogen and oxygen atoms in total. The molecule has 4 rings (SSSR count). The van der Waals surface area contributed by atoms with Gasteiger partial charge < -0.3 is 0 Å². The molecule has 4 aliphatic carbocycles. The van der Waals surface area contributed by atoms with Gasteiger partial charge in [-0.15, -0.1) is 0 Å². The Morgan fingerprint density at radius 1 is 0.500 bits per heavy atom. The van der Waals surface area contributed by atoms with E-state index in [0.29, 0.717) is 11.8 Å². The zero-order valence-electron chi connectivity index (χ0n) is 6.93. The molecule has 0 aromatic heterocycles. The molecule has 4 aliphatic rings. The van der Waals surface area contributed by atoms with Crippen LogP contribution in [0.25, 0.3) is 0 Å². The van der Waals surface area contributed by atoms with Crippen LogP contribution in [0.1, 0.15) is 0 Å². The molecule has 0 heterocycles. The molecule has 0 aromatic rings. The summed E-state index contributed by atoms with van der Waals surface area (Å²) in [5, 5.41) is 0. The summed E-state index contributed by atoms with van der Waals surface area (Å²) in [5.74, 6) is 2.83. The van der Waals surface area contributed by atoms with Crippen molar-refractivity contribution < 1.29 is 0 Å². The minimum atomic E-state index is 0.668. The van der Waals surface area contributed by atoms with Gasteiger partial charge in [0.2, 0.25) is 0 Å². The van der Waals surface area contributed by atoms with E-state index in [0.717, 1.165) is 11.8 Å². The Balaban J connectivity index is 2.08. The minimum absolute atomic E-state index is 0.668. The fourth-order valence-electron chi connectivity index (χ4n) is 2.57. The van der Waals surface area contributed by atoms with Crippen molar-refractivity contribution in [1.29, 1.82) is 0 Å². The summed E-state index contributed by atoms with van der Waals surface area (Å²) in [6.45, 7) is 0. The molecule has 0 aromatic carbocycles. The van der Waals surface area contributed by atoms with Gasteiger partial charge in [-0.3, -0.25) is 0 Å². The van der Waals surface area contributed by atoms with Crippen LogP contribution in [0.15, 0.2) is 48.6 Å². The topological polar surface area (TPSA) is 0 Å². The highest BCUT2D eigenvalue weighted by atomic mass is 14.4. The van der Waals surface area contributed by atoms with Crippen LogP contribution < -0.4 is 0 Å². The maximum absolute atomic E-state index is 2.36. The van der Waals surface area contributed by atoms with Crippen LogP contribution in [0.4, 0.5) is 0 Å². The van der Waals surface area contributed by atoms with E-state index in [1.807, 2.05) is 0 Å². The third-order valence-electron chi connectivity index (χ3n) is 3.22. The third kappa shape index (κ3) is 0.726. The zero-order chi connectivity index (χ0) is 7.97. The average Bonchev–Trinajstić information content (AvgIpc) is 2.20. The van der Waals surface area contributed by atoms with Gasteiger partial charge in [-0.25, -0.2) is 0 Å². The Hall–Kier alpha value is -1.04. The van der Waals surface area contributed by atoms with Crippen molar-refractivity contribution >= 4 is 0 Å². The summed E-state index contributed by atoms with van der Waals surface area (Å²) in [7, 11) is 0. The lowest BCUT2D eigenvalue weighted by Gasteiger charge is -2.39. The number of hydrogen-bond acceptors (Lipinski definition) is 0. The molecule has 0 amide bonds. The number of hydrogen-bond donors (Lipinski definition) is 0. The van der Waals surface area contributed by atoms with Gasteiger partial charge in [-0.05, 0) is 11.8 Å². The summed E-state index contributed by atoms with van der Waals surface area (Å²) < 4.78 is 0. The molecular weight excluding hydrogens is 144 g/mol. The monoisotopic (exact) mass is 156 g/mol. The Kier molecular flexibility index (Phi) is 1.20. The SMILES string of the molecule is C1=CC2C3C=CC(C=C3)C2C=C1. The van der Waals surface area contributed by atoms with Gasteiger partial charge in [0.05, 0.1) is 0 Å². The van der Waals surface area contributed by atoms with Crippen molar-refractivity contribution in [3.05, 3.63) is 48.6 Å². The summed E-state index contributed by atoms with van der Waals surface area (Å²) >= 11 is 0. The van der Waals surface area contributed by atoms with Crippen molar-refractivity contribution in [3.63, 3.8) is 0 Å². The van der Waals surface area contributed by atoms with Crippen LogP contribution in [-0.4, -0.2) is 0 Å². The van der Waals surface area contributed by atoms with Gasteiger partial charge in [-0.1, -0.05) is 48.6 Å². The molecule has 0 saturated carbocycles. The molecule has 0 spiro atoms. The molecule has 0 aliphatic heterocycles. The molecule has 0 fully saturated rings. The molecule has 0 heteroatoms. The third-order valence-corrected chi connectivity index (χ3v) is 3.22. The Morgan fingerprint density at radius 2 is 0.917 bits per heavy atom. The maximum Gasteiger partial charge on any atom is 0.00159 e. The first kappa shape index (κ1) is 6.47. The van der Waals surface area contributed by atoms with E-state index < -0.39 is 0 Å². The van der Waals surface area contributed by atoms with E-state index >= 15 is 0 Å². The largest absolute Gasteiger partial charge is 0.0804 e. The lowest BCUT2D eigenvalue weighted by molar-refractivity contribution is 0.327. The van der Waals surface area contributed by atoms with Gasteiger partial charge in [0.15, 0.2) is 0 Å². The molecular formula is C12H12. The highest BCUT2D eigenvalue weighted by molar-refractivity contribution is 5.31. The lowest BCUT2D eigenvalue weighted by atomic mass is 9.65. The van der Waals surface area contributed by atoms with Gasteiger partial charge in [-0.2, -0.15) is 0 Å². The molecule has 2 bridgehead atoms. The molecule has 0 unspecified atom stereocenters. The van der Waals surface area contributed by atoms with Gasteiger partial charge in [0.25, 0.3) is 0 Å². The lowest BCUT2D eigenvalue weighted by Crippen LogP contribution is -2.31. The van der Waals surface area contributed by atoms with Crippen molar-refractivity contribution in [3.8, 4) is 0 Å². The van der Waals surface area contributed by atoms with Crippen molar-refractivity contribution in [2.75, 3.05) is 0 Å². The highest BCUT2D eigenvalue weighted by Crippen LogP contribution is 2.43. The molecule has 0 saturated heterocycles. The smallest absolute Gasteiger partial charge is 0.00159 e. The van der Waals surface area contributed by atoms with Gasteiger partial charge >= 0.3 is 0 Å². The molecule has 0 radical (unpaired) electrons. The van der Waals surface area contributed by atoms with E-state index in [1.165, 1.54) is 0 Å². The van der Waals surface area contributed by atoms with Crippen molar-refractivity contribution in [1.82, 2.24) is 0 Å². The second-order valence-corrected chi connectivity index (χ2v) is 3.85. The van der Waals surface area contributed by atoms with E-state index in [-0.39, 0.29) is 0 Å². The van der Waals surface area contributed by atoms with E-state index in [9.17, 15) is 0 Å². The quantitative estimate of drug-likeness (QED) is 0.473. The standard InChI is InChI=1S/C12H12/c1-2-4-12-10-7-5-9(6-8-10)11(12)3-1/h1-12H. The maximum atomic E-state index is 2.36. The second-order valence-electron chi connectivity index (χ2n) is 3.85. The zero-order valence-corrected chi connectivity index (χ0v) is 6.93. The molecule has 12 heavy (non-hydrogen) atoms. The minimum Gasteiger partial charge on any atom is -0.0804 e. The first-order valence-corrected chi connectivity index (χ1v) is 4.67. The van der Waals surface area contributed by atoms with E-state index in [2.05, 4.69) is 48.6 Å². The predicted octanol–water partition coefficient (Wildman–Crippen LogP) is 2.72. The predicted molar refractivity (Wildman–Crippen MR) is 50.5 cm³/mol. The van der Waals surface area contributed by atoms with E-state index in [1.54, 1.807) is 0 Å². The summed E-state index contributed by atoms with van der Waals surface area (Å²) in [4.78, 5) is 0. The van der Waals surface area contributed by atoms with Crippen LogP contribution in [0, 0.1) is 23.7 Å². The fraction of sp³-hybridized carbons (Fsp3) is 0.333. The second kappa shape index (κ2) is 2.22. The van der Waals surface area contributed by atoms with Crippen molar-refractivity contribution in [2.45, 2.75) is 0 Å². The van der Waals surface area contributed by atoms with Gasteiger partial charge in [0, 0.05) is 11.8 Å². The highest BCUT2D eigenvalue weighted by Gasteiger charge is 2.34. The molecule has 0 N–H and O–H groups in total. The Bertz CT molecular complexity index is 260. The Labute approximate surface area is 73.0 Å². The normalized spacial score (nSPS) is 46.7. The van der Waals surface area contributed by atoms with Crippen LogP contribution in [-0.2, 0) is 0 Å². The summed E-state index contributed by atoms with van der Waals surface area (Å²) in [6.07, 6.45) is 18.5. The molecule has 0 atom stereocenters. The summed E-state index contributed by atoms with van der Waals surface area (Å²) in [5.41, 5.74) is 0.